The van der Waals surface area contributed by atoms with E-state index in [9.17, 15) is 8.42 Å². The third-order valence-corrected chi connectivity index (χ3v) is 7.19. The van der Waals surface area contributed by atoms with Crippen molar-refractivity contribution in [1.29, 1.82) is 0 Å². The average Bonchev–Trinajstić information content (AvgIpc) is 2.68. The summed E-state index contributed by atoms with van der Waals surface area (Å²) in [5.74, 6) is 0.566. The quantitative estimate of drug-likeness (QED) is 0.662. The number of ether oxygens (including phenoxy) is 1. The highest BCUT2D eigenvalue weighted by molar-refractivity contribution is 9.10. The van der Waals surface area contributed by atoms with E-state index in [4.69, 9.17) is 4.74 Å². The molecule has 1 aliphatic heterocycles. The van der Waals surface area contributed by atoms with Crippen molar-refractivity contribution in [2.45, 2.75) is 25.2 Å². The van der Waals surface area contributed by atoms with Crippen molar-refractivity contribution in [3.05, 3.63) is 52.5 Å². The van der Waals surface area contributed by atoms with Gasteiger partial charge in [-0.05, 0) is 53.5 Å². The fraction of sp³-hybridized carbons (Fsp3) is 0.400. The Morgan fingerprint density at radius 3 is 2.33 bits per heavy atom. The topological polar surface area (TPSA) is 49.9 Å². The second kappa shape index (κ2) is 8.63. The van der Waals surface area contributed by atoms with Gasteiger partial charge in [-0.15, -0.1) is 0 Å². The molecule has 0 amide bonds. The maximum atomic E-state index is 13.0. The van der Waals surface area contributed by atoms with Crippen LogP contribution in [0.15, 0.2) is 51.8 Å². The van der Waals surface area contributed by atoms with Crippen LogP contribution >= 0.6 is 15.9 Å². The van der Waals surface area contributed by atoms with Crippen LogP contribution in [0.3, 0.4) is 0 Å². The van der Waals surface area contributed by atoms with Crippen LogP contribution in [0.4, 0.5) is 5.69 Å². The third-order valence-electron chi connectivity index (χ3n) is 4.64. The first-order valence-electron chi connectivity index (χ1n) is 9.16. The van der Waals surface area contributed by atoms with E-state index in [0.29, 0.717) is 38.5 Å². The lowest BCUT2D eigenvalue weighted by molar-refractivity contribution is 0.314. The molecule has 0 saturated carbocycles. The predicted molar refractivity (Wildman–Crippen MR) is 112 cm³/mol. The lowest BCUT2D eigenvalue weighted by atomic mass is 10.2. The summed E-state index contributed by atoms with van der Waals surface area (Å²) in [5, 5.41) is 0. The molecule has 2 aromatic rings. The normalized spacial score (nSPS) is 15.7. The van der Waals surface area contributed by atoms with Gasteiger partial charge in [0.05, 0.1) is 16.0 Å². The van der Waals surface area contributed by atoms with Crippen molar-refractivity contribution in [3.8, 4) is 5.75 Å². The van der Waals surface area contributed by atoms with Crippen LogP contribution in [0, 0.1) is 6.92 Å². The first-order chi connectivity index (χ1) is 12.9. The monoisotopic (exact) mass is 452 g/mol. The van der Waals surface area contributed by atoms with Gasteiger partial charge in [-0.25, -0.2) is 8.42 Å². The summed E-state index contributed by atoms with van der Waals surface area (Å²) in [4.78, 5) is 2.50. The SMILES string of the molecule is CCCOc1cc(S(=O)(=O)N2CCN(c3ccc(C)cc3)CC2)ccc1Br. The molecule has 0 radical (unpaired) electrons. The number of halogens is 1. The number of benzene rings is 2. The number of aryl methyl sites for hydroxylation is 1. The molecule has 146 valence electrons. The highest BCUT2D eigenvalue weighted by Crippen LogP contribution is 2.30. The Balaban J connectivity index is 1.72. The Labute approximate surface area is 170 Å². The largest absolute Gasteiger partial charge is 0.492 e. The van der Waals surface area contributed by atoms with Crippen molar-refractivity contribution in [2.75, 3.05) is 37.7 Å². The van der Waals surface area contributed by atoms with Crippen LogP contribution in [-0.2, 0) is 10.0 Å². The Bertz CT molecular complexity index is 877. The fourth-order valence-corrected chi connectivity index (χ4v) is 4.86. The summed E-state index contributed by atoms with van der Waals surface area (Å²) in [6.07, 6.45) is 0.865. The third kappa shape index (κ3) is 4.65. The van der Waals surface area contributed by atoms with Crippen LogP contribution in [0.5, 0.6) is 5.75 Å². The zero-order valence-corrected chi connectivity index (χ0v) is 18.1. The molecule has 1 fully saturated rings. The minimum Gasteiger partial charge on any atom is -0.492 e. The summed E-state index contributed by atoms with van der Waals surface area (Å²) < 4.78 is 34.1. The molecule has 7 heteroatoms. The van der Waals surface area contributed by atoms with E-state index in [1.54, 1.807) is 22.5 Å². The molecule has 0 unspecified atom stereocenters. The molecule has 0 aromatic heterocycles. The second-order valence-electron chi connectivity index (χ2n) is 6.67. The van der Waals surface area contributed by atoms with Gasteiger partial charge in [-0.3, -0.25) is 0 Å². The first kappa shape index (κ1) is 20.2. The maximum absolute atomic E-state index is 13.0. The molecule has 27 heavy (non-hydrogen) atoms. The molecule has 1 heterocycles. The second-order valence-corrected chi connectivity index (χ2v) is 9.46. The van der Waals surface area contributed by atoms with Crippen LogP contribution in [0.2, 0.25) is 0 Å². The molecule has 2 aromatic carbocycles. The standard InChI is InChI=1S/C20H25BrN2O3S/c1-3-14-26-20-15-18(8-9-19(20)21)27(24,25)23-12-10-22(11-13-23)17-6-4-16(2)5-7-17/h4-9,15H,3,10-14H2,1-2H3. The number of anilines is 1. The molecule has 0 N–H and O–H groups in total. The van der Waals surface area contributed by atoms with E-state index in [2.05, 4.69) is 52.0 Å². The predicted octanol–water partition coefficient (Wildman–Crippen LogP) is 4.06. The Morgan fingerprint density at radius 2 is 1.70 bits per heavy atom. The van der Waals surface area contributed by atoms with Crippen molar-refractivity contribution in [1.82, 2.24) is 4.31 Å². The number of nitrogens with zero attached hydrogens (tertiary/aromatic N) is 2. The van der Waals surface area contributed by atoms with Gasteiger partial charge in [0.1, 0.15) is 5.75 Å². The highest BCUT2D eigenvalue weighted by atomic mass is 79.9. The van der Waals surface area contributed by atoms with E-state index in [1.807, 2.05) is 6.92 Å². The number of hydrogen-bond donors (Lipinski definition) is 0. The number of piperazine rings is 1. The highest BCUT2D eigenvalue weighted by Gasteiger charge is 2.29. The number of rotatable bonds is 6. The smallest absolute Gasteiger partial charge is 0.243 e. The van der Waals surface area contributed by atoms with Gasteiger partial charge in [0.15, 0.2) is 0 Å². The van der Waals surface area contributed by atoms with E-state index < -0.39 is 10.0 Å². The lowest BCUT2D eigenvalue weighted by Gasteiger charge is -2.35. The van der Waals surface area contributed by atoms with Crippen LogP contribution < -0.4 is 9.64 Å². The van der Waals surface area contributed by atoms with Gasteiger partial charge >= 0.3 is 0 Å². The fourth-order valence-electron chi connectivity index (χ4n) is 3.06. The summed E-state index contributed by atoms with van der Waals surface area (Å²) in [6.45, 7) is 6.93. The Morgan fingerprint density at radius 1 is 1.04 bits per heavy atom. The summed E-state index contributed by atoms with van der Waals surface area (Å²) in [7, 11) is -3.53. The van der Waals surface area contributed by atoms with Gasteiger partial charge < -0.3 is 9.64 Å². The molecule has 1 saturated heterocycles. The summed E-state index contributed by atoms with van der Waals surface area (Å²) in [6, 6.07) is 13.3. The average molecular weight is 453 g/mol. The molecule has 0 spiro atoms. The molecular weight excluding hydrogens is 428 g/mol. The van der Waals surface area contributed by atoms with Crippen LogP contribution in [-0.4, -0.2) is 45.5 Å². The van der Waals surface area contributed by atoms with E-state index in [1.165, 1.54) is 5.56 Å². The van der Waals surface area contributed by atoms with Gasteiger partial charge in [-0.1, -0.05) is 24.6 Å². The van der Waals surface area contributed by atoms with Crippen molar-refractivity contribution >= 4 is 31.6 Å². The van der Waals surface area contributed by atoms with E-state index in [-0.39, 0.29) is 4.90 Å². The van der Waals surface area contributed by atoms with Crippen LogP contribution in [0.1, 0.15) is 18.9 Å². The van der Waals surface area contributed by atoms with Crippen molar-refractivity contribution < 1.29 is 13.2 Å². The minimum absolute atomic E-state index is 0.278. The molecule has 5 nitrogen and oxygen atoms in total. The summed E-state index contributed by atoms with van der Waals surface area (Å²) >= 11 is 3.42. The Hall–Kier alpha value is -1.57. The van der Waals surface area contributed by atoms with Gasteiger partial charge in [-0.2, -0.15) is 4.31 Å². The first-order valence-corrected chi connectivity index (χ1v) is 11.4. The zero-order valence-electron chi connectivity index (χ0n) is 15.7. The zero-order chi connectivity index (χ0) is 19.4. The molecule has 3 rings (SSSR count). The van der Waals surface area contributed by atoms with Crippen molar-refractivity contribution in [3.63, 3.8) is 0 Å². The molecule has 0 atom stereocenters. The summed E-state index contributed by atoms with van der Waals surface area (Å²) in [5.41, 5.74) is 2.35. The van der Waals surface area contributed by atoms with E-state index in [0.717, 1.165) is 16.6 Å². The molecular formula is C20H25BrN2O3S. The minimum atomic E-state index is -3.53. The molecule has 0 aliphatic carbocycles. The molecule has 0 bridgehead atoms. The van der Waals surface area contributed by atoms with Gasteiger partial charge in [0, 0.05) is 37.9 Å². The van der Waals surface area contributed by atoms with Gasteiger partial charge in [0.2, 0.25) is 10.0 Å². The molecule has 1 aliphatic rings. The lowest BCUT2D eigenvalue weighted by Crippen LogP contribution is -2.48. The van der Waals surface area contributed by atoms with Crippen LogP contribution in [0.25, 0.3) is 0 Å². The van der Waals surface area contributed by atoms with E-state index >= 15 is 0 Å². The Kier molecular flexibility index (Phi) is 6.44. The van der Waals surface area contributed by atoms with Crippen molar-refractivity contribution in [2.24, 2.45) is 0 Å². The van der Waals surface area contributed by atoms with Gasteiger partial charge in [0.25, 0.3) is 0 Å². The number of hydrogen-bond acceptors (Lipinski definition) is 4. The maximum Gasteiger partial charge on any atom is 0.243 e. The number of sulfonamides is 1.